The van der Waals surface area contributed by atoms with Crippen LogP contribution in [0.2, 0.25) is 0 Å². The van der Waals surface area contributed by atoms with Gasteiger partial charge in [0.25, 0.3) is 0 Å². The Morgan fingerprint density at radius 1 is 1.38 bits per heavy atom. The first kappa shape index (κ1) is 14.0. The fourth-order valence-electron chi connectivity index (χ4n) is 3.09. The Hall–Kier alpha value is -1.94. The van der Waals surface area contributed by atoms with Crippen molar-refractivity contribution in [2.45, 2.75) is 19.4 Å². The maximum Gasteiger partial charge on any atom is 0.309 e. The molecular weight excluding hydrogens is 264 g/mol. The number of para-hydroxylation sites is 1. The van der Waals surface area contributed by atoms with Gasteiger partial charge in [0.15, 0.2) is 0 Å². The lowest BCUT2D eigenvalue weighted by atomic mass is 9.97. The molecule has 1 aromatic carbocycles. The van der Waals surface area contributed by atoms with Gasteiger partial charge < -0.3 is 4.74 Å². The van der Waals surface area contributed by atoms with Gasteiger partial charge in [0, 0.05) is 24.7 Å². The second-order valence-corrected chi connectivity index (χ2v) is 5.58. The van der Waals surface area contributed by atoms with Crippen molar-refractivity contribution in [1.82, 2.24) is 9.88 Å². The van der Waals surface area contributed by atoms with Crippen LogP contribution in [0.15, 0.2) is 36.5 Å². The molecule has 3 rings (SSSR count). The Kier molecular flexibility index (Phi) is 4.15. The number of rotatable bonds is 3. The number of methoxy groups -OCH3 is 1. The average Bonchev–Trinajstić information content (AvgIpc) is 2.55. The lowest BCUT2D eigenvalue weighted by molar-refractivity contribution is -0.147. The van der Waals surface area contributed by atoms with Crippen molar-refractivity contribution in [3.8, 4) is 0 Å². The summed E-state index contributed by atoms with van der Waals surface area (Å²) in [6, 6.07) is 10.3. The van der Waals surface area contributed by atoms with Crippen LogP contribution in [0, 0.1) is 5.92 Å². The van der Waals surface area contributed by atoms with E-state index in [9.17, 15) is 4.79 Å². The Labute approximate surface area is 124 Å². The molecule has 1 aliphatic rings. The van der Waals surface area contributed by atoms with Crippen molar-refractivity contribution in [1.29, 1.82) is 0 Å². The van der Waals surface area contributed by atoms with Crippen molar-refractivity contribution in [2.24, 2.45) is 5.92 Å². The minimum absolute atomic E-state index is 0.0110. The number of aromatic nitrogens is 1. The molecule has 4 nitrogen and oxygen atoms in total. The van der Waals surface area contributed by atoms with Crippen LogP contribution in [0.5, 0.6) is 0 Å². The third kappa shape index (κ3) is 3.05. The number of fused-ring (bicyclic) bond motifs is 1. The maximum atomic E-state index is 11.7. The van der Waals surface area contributed by atoms with Crippen LogP contribution in [-0.2, 0) is 16.1 Å². The predicted molar refractivity (Wildman–Crippen MR) is 81.8 cm³/mol. The van der Waals surface area contributed by atoms with Gasteiger partial charge in [-0.15, -0.1) is 0 Å². The summed E-state index contributed by atoms with van der Waals surface area (Å²) in [5.74, 6) is -0.0730. The van der Waals surface area contributed by atoms with Gasteiger partial charge in [-0.05, 0) is 37.1 Å². The van der Waals surface area contributed by atoms with Crippen LogP contribution in [0.25, 0.3) is 10.9 Å². The third-order valence-corrected chi connectivity index (χ3v) is 4.17. The molecule has 110 valence electrons. The number of likely N-dealkylation sites (tertiary alicyclic amines) is 1. The normalized spacial score (nSPS) is 19.6. The largest absolute Gasteiger partial charge is 0.469 e. The van der Waals surface area contributed by atoms with Crippen LogP contribution >= 0.6 is 0 Å². The topological polar surface area (TPSA) is 42.4 Å². The first-order chi connectivity index (χ1) is 10.3. The highest BCUT2D eigenvalue weighted by molar-refractivity contribution is 5.81. The van der Waals surface area contributed by atoms with E-state index < -0.39 is 0 Å². The number of benzene rings is 1. The molecule has 0 spiro atoms. The van der Waals surface area contributed by atoms with Crippen LogP contribution in [0.3, 0.4) is 0 Å². The lowest BCUT2D eigenvalue weighted by Crippen LogP contribution is -2.38. The minimum atomic E-state index is -0.0840. The number of pyridine rings is 1. The number of esters is 1. The molecule has 1 atom stereocenters. The van der Waals surface area contributed by atoms with Crippen molar-refractivity contribution in [3.05, 3.63) is 42.1 Å². The third-order valence-electron chi connectivity index (χ3n) is 4.17. The van der Waals surface area contributed by atoms with E-state index in [0.717, 1.165) is 38.0 Å². The maximum absolute atomic E-state index is 11.7. The number of carbonyl (C=O) groups is 1. The molecule has 0 amide bonds. The van der Waals surface area contributed by atoms with Gasteiger partial charge in [-0.2, -0.15) is 0 Å². The van der Waals surface area contributed by atoms with Crippen molar-refractivity contribution in [2.75, 3.05) is 20.2 Å². The summed E-state index contributed by atoms with van der Waals surface area (Å²) >= 11 is 0. The summed E-state index contributed by atoms with van der Waals surface area (Å²) in [5.41, 5.74) is 2.29. The fraction of sp³-hybridized carbons (Fsp3) is 0.412. The highest BCUT2D eigenvalue weighted by Gasteiger charge is 2.26. The van der Waals surface area contributed by atoms with E-state index in [0.29, 0.717) is 0 Å². The number of carbonyl (C=O) groups excluding carboxylic acids is 1. The predicted octanol–water partition coefficient (Wildman–Crippen LogP) is 2.62. The Bertz CT molecular complexity index is 636. The standard InChI is InChI=1S/C17H20N2O2/c1-21-17(20)14-5-4-10-19(12-14)11-13-8-9-18-16-7-3-2-6-15(13)16/h2-3,6-9,14H,4-5,10-12H2,1H3. The van der Waals surface area contributed by atoms with E-state index in [4.69, 9.17) is 4.74 Å². The number of nitrogens with zero attached hydrogens (tertiary/aromatic N) is 2. The van der Waals surface area contributed by atoms with Gasteiger partial charge in [-0.1, -0.05) is 18.2 Å². The van der Waals surface area contributed by atoms with Gasteiger partial charge in [0.2, 0.25) is 0 Å². The molecule has 0 bridgehead atoms. The number of ether oxygens (including phenoxy) is 1. The molecule has 0 saturated carbocycles. The first-order valence-electron chi connectivity index (χ1n) is 7.41. The van der Waals surface area contributed by atoms with Crippen LogP contribution in [0.1, 0.15) is 18.4 Å². The average molecular weight is 284 g/mol. The fourth-order valence-corrected chi connectivity index (χ4v) is 3.09. The van der Waals surface area contributed by atoms with E-state index in [-0.39, 0.29) is 11.9 Å². The van der Waals surface area contributed by atoms with Crippen molar-refractivity contribution < 1.29 is 9.53 Å². The number of piperidine rings is 1. The second kappa shape index (κ2) is 6.22. The van der Waals surface area contributed by atoms with E-state index in [1.165, 1.54) is 18.1 Å². The van der Waals surface area contributed by atoms with E-state index >= 15 is 0 Å². The molecular formula is C17H20N2O2. The summed E-state index contributed by atoms with van der Waals surface area (Å²) in [6.07, 6.45) is 3.84. The van der Waals surface area contributed by atoms with Crippen LogP contribution < -0.4 is 0 Å². The zero-order chi connectivity index (χ0) is 14.7. The van der Waals surface area contributed by atoms with E-state index in [1.54, 1.807) is 0 Å². The van der Waals surface area contributed by atoms with Crippen LogP contribution in [0.4, 0.5) is 0 Å². The Morgan fingerprint density at radius 3 is 3.10 bits per heavy atom. The summed E-state index contributed by atoms with van der Waals surface area (Å²) in [5, 5.41) is 1.19. The number of hydrogen-bond donors (Lipinski definition) is 0. The lowest BCUT2D eigenvalue weighted by Gasteiger charge is -2.31. The van der Waals surface area contributed by atoms with Gasteiger partial charge in [-0.25, -0.2) is 0 Å². The summed E-state index contributed by atoms with van der Waals surface area (Å²) in [4.78, 5) is 18.5. The highest BCUT2D eigenvalue weighted by Crippen LogP contribution is 2.22. The minimum Gasteiger partial charge on any atom is -0.469 e. The van der Waals surface area contributed by atoms with Gasteiger partial charge in [0.1, 0.15) is 0 Å². The Balaban J connectivity index is 1.77. The molecule has 2 aromatic rings. The van der Waals surface area contributed by atoms with E-state index in [1.807, 2.05) is 24.4 Å². The smallest absolute Gasteiger partial charge is 0.309 e. The quantitative estimate of drug-likeness (QED) is 0.813. The summed E-state index contributed by atoms with van der Waals surface area (Å²) in [6.45, 7) is 2.67. The molecule has 2 heterocycles. The van der Waals surface area contributed by atoms with Gasteiger partial charge in [-0.3, -0.25) is 14.7 Å². The van der Waals surface area contributed by atoms with Crippen LogP contribution in [-0.4, -0.2) is 36.1 Å². The van der Waals surface area contributed by atoms with Crippen molar-refractivity contribution in [3.63, 3.8) is 0 Å². The van der Waals surface area contributed by atoms with Gasteiger partial charge in [0.05, 0.1) is 18.5 Å². The first-order valence-corrected chi connectivity index (χ1v) is 7.41. The SMILES string of the molecule is COC(=O)C1CCCN(Cc2ccnc3ccccc23)C1. The molecule has 0 aliphatic carbocycles. The highest BCUT2D eigenvalue weighted by atomic mass is 16.5. The molecule has 0 N–H and O–H groups in total. The summed E-state index contributed by atoms with van der Waals surface area (Å²) in [7, 11) is 1.47. The zero-order valence-electron chi connectivity index (χ0n) is 12.3. The molecule has 1 fully saturated rings. The molecule has 4 heteroatoms. The van der Waals surface area contributed by atoms with E-state index in [2.05, 4.69) is 22.0 Å². The van der Waals surface area contributed by atoms with Gasteiger partial charge >= 0.3 is 5.97 Å². The monoisotopic (exact) mass is 284 g/mol. The zero-order valence-corrected chi connectivity index (χ0v) is 12.3. The second-order valence-electron chi connectivity index (χ2n) is 5.58. The molecule has 0 radical (unpaired) electrons. The molecule has 1 saturated heterocycles. The Morgan fingerprint density at radius 2 is 2.24 bits per heavy atom. The summed E-state index contributed by atoms with van der Waals surface area (Å²) < 4.78 is 4.88. The molecule has 1 unspecified atom stereocenters. The molecule has 1 aromatic heterocycles. The molecule has 21 heavy (non-hydrogen) atoms. The molecule has 1 aliphatic heterocycles. The number of hydrogen-bond acceptors (Lipinski definition) is 4. The van der Waals surface area contributed by atoms with Crippen molar-refractivity contribution >= 4 is 16.9 Å².